The van der Waals surface area contributed by atoms with E-state index >= 15 is 0 Å². The lowest BCUT2D eigenvalue weighted by Gasteiger charge is -2.40. The summed E-state index contributed by atoms with van der Waals surface area (Å²) < 4.78 is 11.1. The fourth-order valence-corrected chi connectivity index (χ4v) is 3.08. The number of aliphatic hydroxyl groups is 3. The average molecular weight is 434 g/mol. The molecule has 1 fully saturated rings. The SMILES string of the molecule is C#CCCCCNC(=C)Nc1ccc(O[C@H]2O[C@H](CCC(=O)O)[C@@H](O)[C@H](O)[C@@H]2O)cc1. The summed E-state index contributed by atoms with van der Waals surface area (Å²) >= 11 is 0. The van der Waals surface area contributed by atoms with Crippen LogP contribution >= 0.6 is 0 Å². The van der Waals surface area contributed by atoms with Crippen LogP contribution in [0, 0.1) is 12.3 Å². The molecule has 1 heterocycles. The van der Waals surface area contributed by atoms with Crippen molar-refractivity contribution in [2.75, 3.05) is 11.9 Å². The Morgan fingerprint density at radius 1 is 1.16 bits per heavy atom. The van der Waals surface area contributed by atoms with Crippen LogP contribution in [-0.2, 0) is 9.53 Å². The lowest BCUT2D eigenvalue weighted by molar-refractivity contribution is -0.273. The van der Waals surface area contributed by atoms with Crippen molar-refractivity contribution in [1.29, 1.82) is 0 Å². The first kappa shape index (κ1) is 24.5. The molecule has 1 aromatic rings. The predicted octanol–water partition coefficient (Wildman–Crippen LogP) is 1.01. The van der Waals surface area contributed by atoms with E-state index in [0.717, 1.165) is 31.5 Å². The van der Waals surface area contributed by atoms with Gasteiger partial charge in [-0.1, -0.05) is 6.58 Å². The van der Waals surface area contributed by atoms with Gasteiger partial charge in [-0.15, -0.1) is 12.3 Å². The van der Waals surface area contributed by atoms with Gasteiger partial charge in [0.1, 0.15) is 24.1 Å². The third kappa shape index (κ3) is 7.77. The highest BCUT2D eigenvalue weighted by Crippen LogP contribution is 2.27. The Morgan fingerprint density at radius 2 is 1.87 bits per heavy atom. The van der Waals surface area contributed by atoms with E-state index in [1.165, 1.54) is 0 Å². The summed E-state index contributed by atoms with van der Waals surface area (Å²) in [6, 6.07) is 6.76. The molecule has 1 aliphatic heterocycles. The van der Waals surface area contributed by atoms with Crippen LogP contribution in [0.2, 0.25) is 0 Å². The second kappa shape index (κ2) is 12.2. The zero-order valence-corrected chi connectivity index (χ0v) is 17.2. The van der Waals surface area contributed by atoms with Gasteiger partial charge < -0.3 is 40.5 Å². The first-order valence-electron chi connectivity index (χ1n) is 10.1. The van der Waals surface area contributed by atoms with Crippen molar-refractivity contribution in [2.45, 2.75) is 62.8 Å². The Balaban J connectivity index is 1.87. The van der Waals surface area contributed by atoms with E-state index in [1.54, 1.807) is 24.3 Å². The Bertz CT molecular complexity index is 762. The number of carboxylic acid groups (broad SMARTS) is 1. The van der Waals surface area contributed by atoms with Crippen molar-refractivity contribution >= 4 is 11.7 Å². The second-order valence-corrected chi connectivity index (χ2v) is 7.28. The van der Waals surface area contributed by atoms with E-state index in [0.29, 0.717) is 11.6 Å². The van der Waals surface area contributed by atoms with Gasteiger partial charge in [0.15, 0.2) is 0 Å². The Hall–Kier alpha value is -2.77. The maximum Gasteiger partial charge on any atom is 0.303 e. The molecule has 31 heavy (non-hydrogen) atoms. The van der Waals surface area contributed by atoms with Crippen molar-refractivity contribution in [3.63, 3.8) is 0 Å². The number of anilines is 1. The number of nitrogens with one attached hydrogen (secondary N) is 2. The first-order valence-corrected chi connectivity index (χ1v) is 10.1. The van der Waals surface area contributed by atoms with Gasteiger partial charge in [-0.05, 0) is 43.5 Å². The van der Waals surface area contributed by atoms with Gasteiger partial charge in [-0.3, -0.25) is 4.79 Å². The molecular weight excluding hydrogens is 404 g/mol. The van der Waals surface area contributed by atoms with Crippen molar-refractivity contribution in [1.82, 2.24) is 5.32 Å². The number of aliphatic carboxylic acids is 1. The van der Waals surface area contributed by atoms with Crippen LogP contribution in [0.1, 0.15) is 32.1 Å². The highest BCUT2D eigenvalue weighted by molar-refractivity contribution is 5.66. The van der Waals surface area contributed by atoms with E-state index in [-0.39, 0.29) is 12.8 Å². The number of terminal acetylenes is 1. The highest BCUT2D eigenvalue weighted by Gasteiger charge is 2.44. The van der Waals surface area contributed by atoms with Crippen LogP contribution in [-0.4, -0.2) is 63.6 Å². The van der Waals surface area contributed by atoms with Crippen LogP contribution in [0.5, 0.6) is 5.75 Å². The van der Waals surface area contributed by atoms with E-state index in [9.17, 15) is 20.1 Å². The molecule has 0 aromatic heterocycles. The van der Waals surface area contributed by atoms with Crippen LogP contribution < -0.4 is 15.4 Å². The molecule has 9 heteroatoms. The quantitative estimate of drug-likeness (QED) is 0.210. The molecule has 0 aliphatic carbocycles. The molecule has 5 atom stereocenters. The predicted molar refractivity (Wildman–Crippen MR) is 114 cm³/mol. The van der Waals surface area contributed by atoms with E-state index in [2.05, 4.69) is 23.1 Å². The molecule has 6 N–H and O–H groups in total. The summed E-state index contributed by atoms with van der Waals surface area (Å²) in [5, 5.41) is 45.3. The monoisotopic (exact) mass is 434 g/mol. The van der Waals surface area contributed by atoms with Gasteiger partial charge in [0, 0.05) is 25.1 Å². The number of rotatable bonds is 12. The van der Waals surface area contributed by atoms with Gasteiger partial charge in [0.2, 0.25) is 6.29 Å². The maximum absolute atomic E-state index is 10.8. The number of carboxylic acids is 1. The zero-order valence-electron chi connectivity index (χ0n) is 17.2. The maximum atomic E-state index is 10.8. The molecule has 0 spiro atoms. The summed E-state index contributed by atoms with van der Waals surface area (Å²) in [7, 11) is 0. The molecule has 9 nitrogen and oxygen atoms in total. The van der Waals surface area contributed by atoms with Crippen LogP contribution in [0.4, 0.5) is 5.69 Å². The lowest BCUT2D eigenvalue weighted by Crippen LogP contribution is -2.59. The van der Waals surface area contributed by atoms with Gasteiger partial charge in [0.05, 0.1) is 11.9 Å². The van der Waals surface area contributed by atoms with E-state index in [1.807, 2.05) is 0 Å². The fourth-order valence-electron chi connectivity index (χ4n) is 3.08. The smallest absolute Gasteiger partial charge is 0.303 e. The number of ether oxygens (including phenoxy) is 2. The molecule has 1 aliphatic rings. The molecule has 0 radical (unpaired) electrons. The Morgan fingerprint density at radius 3 is 2.52 bits per heavy atom. The van der Waals surface area contributed by atoms with Crippen LogP contribution in [0.3, 0.4) is 0 Å². The summed E-state index contributed by atoms with van der Waals surface area (Å²) in [4.78, 5) is 10.8. The third-order valence-electron chi connectivity index (χ3n) is 4.80. The number of hydrogen-bond acceptors (Lipinski definition) is 8. The Kier molecular flexibility index (Phi) is 9.62. The standard InChI is InChI=1S/C22H30N2O7/c1-3-4-5-6-13-23-14(2)24-15-7-9-16(10-8-15)30-22-21(29)20(28)19(27)17(31-22)11-12-18(25)26/h1,7-10,17,19-24,27-29H,2,4-6,11-13H2,(H,25,26)/t17-,19-,20+,21+,22+/m1/s1. The minimum absolute atomic E-state index is 0.0269. The number of hydrogen-bond donors (Lipinski definition) is 6. The summed E-state index contributed by atoms with van der Waals surface area (Å²) in [6.45, 7) is 4.66. The molecule has 0 amide bonds. The minimum Gasteiger partial charge on any atom is -0.481 e. The van der Waals surface area contributed by atoms with Crippen LogP contribution in [0.15, 0.2) is 36.7 Å². The Labute approximate surface area is 181 Å². The van der Waals surface area contributed by atoms with Crippen molar-refractivity contribution in [2.24, 2.45) is 0 Å². The van der Waals surface area contributed by atoms with E-state index in [4.69, 9.17) is 21.0 Å². The highest BCUT2D eigenvalue weighted by atomic mass is 16.7. The number of unbranched alkanes of at least 4 members (excludes halogenated alkanes) is 2. The normalized spacial score (nSPS) is 25.3. The van der Waals surface area contributed by atoms with Gasteiger partial charge in [-0.25, -0.2) is 0 Å². The second-order valence-electron chi connectivity index (χ2n) is 7.28. The minimum atomic E-state index is -1.52. The molecule has 1 aromatic carbocycles. The molecule has 0 saturated carbocycles. The third-order valence-corrected chi connectivity index (χ3v) is 4.80. The van der Waals surface area contributed by atoms with Gasteiger partial charge in [-0.2, -0.15) is 0 Å². The number of aliphatic hydroxyl groups excluding tert-OH is 3. The van der Waals surface area contributed by atoms with Gasteiger partial charge >= 0.3 is 5.97 Å². The fraction of sp³-hybridized carbons (Fsp3) is 0.500. The molecule has 0 bridgehead atoms. The van der Waals surface area contributed by atoms with Crippen molar-refractivity contribution in [3.05, 3.63) is 36.7 Å². The number of carbonyl (C=O) groups is 1. The molecule has 0 unspecified atom stereocenters. The molecule has 1 saturated heterocycles. The molecular formula is C22H30N2O7. The number of benzene rings is 1. The summed E-state index contributed by atoms with van der Waals surface area (Å²) in [6.07, 6.45) is 0.920. The first-order chi connectivity index (χ1) is 14.8. The largest absolute Gasteiger partial charge is 0.481 e. The topological polar surface area (TPSA) is 141 Å². The molecule has 2 rings (SSSR count). The average Bonchev–Trinajstić information content (AvgIpc) is 2.74. The van der Waals surface area contributed by atoms with Crippen molar-refractivity contribution in [3.8, 4) is 18.1 Å². The van der Waals surface area contributed by atoms with Gasteiger partial charge in [0.25, 0.3) is 0 Å². The summed E-state index contributed by atoms with van der Waals surface area (Å²) in [5.74, 6) is 2.55. The van der Waals surface area contributed by atoms with E-state index < -0.39 is 36.7 Å². The molecule has 170 valence electrons. The van der Waals surface area contributed by atoms with Crippen molar-refractivity contribution < 1.29 is 34.7 Å². The van der Waals surface area contributed by atoms with Crippen LogP contribution in [0.25, 0.3) is 0 Å². The zero-order chi connectivity index (χ0) is 22.8. The lowest BCUT2D eigenvalue weighted by atomic mass is 9.96. The summed E-state index contributed by atoms with van der Waals surface area (Å²) in [5.41, 5.74) is 0.758.